The van der Waals surface area contributed by atoms with Gasteiger partial charge in [0.1, 0.15) is 0 Å². The Morgan fingerprint density at radius 2 is 2.17 bits per heavy atom. The van der Waals surface area contributed by atoms with Gasteiger partial charge in [0.2, 0.25) is 5.82 Å². The predicted molar refractivity (Wildman–Crippen MR) is 35.7 cm³/mol. The van der Waals surface area contributed by atoms with Crippen molar-refractivity contribution in [3.8, 4) is 0 Å². The minimum atomic E-state index is -2.64. The molecule has 0 aliphatic rings. The van der Waals surface area contributed by atoms with E-state index in [2.05, 4.69) is 15.3 Å². The highest BCUT2D eigenvalue weighted by Gasteiger charge is 2.15. The van der Waals surface area contributed by atoms with Crippen LogP contribution in [0.15, 0.2) is 18.3 Å². The van der Waals surface area contributed by atoms with Crippen LogP contribution in [-0.2, 0) is 0 Å². The third kappa shape index (κ3) is 0.919. The fourth-order valence-electron chi connectivity index (χ4n) is 0.897. The van der Waals surface area contributed by atoms with Gasteiger partial charge in [-0.3, -0.25) is 0 Å². The van der Waals surface area contributed by atoms with Gasteiger partial charge in [0, 0.05) is 6.20 Å². The first-order chi connectivity index (χ1) is 5.79. The number of hydrogen-bond donors (Lipinski definition) is 0. The molecule has 0 bridgehead atoms. The average Bonchev–Trinajstić information content (AvgIpc) is 2.47. The van der Waals surface area contributed by atoms with Crippen molar-refractivity contribution in [1.82, 2.24) is 19.8 Å². The number of nitrogens with zero attached hydrogens (tertiary/aromatic N) is 4. The van der Waals surface area contributed by atoms with Crippen molar-refractivity contribution >= 4 is 5.65 Å². The second kappa shape index (κ2) is 2.47. The first-order valence-corrected chi connectivity index (χ1v) is 3.23. The zero-order valence-corrected chi connectivity index (χ0v) is 5.85. The zero-order chi connectivity index (χ0) is 8.55. The molecule has 0 spiro atoms. The molecule has 0 fully saturated rings. The van der Waals surface area contributed by atoms with Gasteiger partial charge >= 0.3 is 0 Å². The molecule has 62 valence electrons. The van der Waals surface area contributed by atoms with Gasteiger partial charge in [-0.05, 0) is 12.1 Å². The van der Waals surface area contributed by atoms with E-state index in [1.807, 2.05) is 0 Å². The van der Waals surface area contributed by atoms with Gasteiger partial charge in [-0.1, -0.05) is 0 Å². The fourth-order valence-corrected chi connectivity index (χ4v) is 0.897. The number of hydrogen-bond acceptors (Lipinski definition) is 3. The highest BCUT2D eigenvalue weighted by Crippen LogP contribution is 2.15. The monoisotopic (exact) mass is 170 g/mol. The Morgan fingerprint density at radius 3 is 2.92 bits per heavy atom. The Hall–Kier alpha value is -1.59. The van der Waals surface area contributed by atoms with Gasteiger partial charge < -0.3 is 0 Å². The molecule has 4 nitrogen and oxygen atoms in total. The Kier molecular flexibility index (Phi) is 1.46. The van der Waals surface area contributed by atoms with E-state index in [0.29, 0.717) is 5.65 Å². The lowest BCUT2D eigenvalue weighted by atomic mass is 10.5. The van der Waals surface area contributed by atoms with Crippen LogP contribution in [0.4, 0.5) is 8.78 Å². The molecule has 0 aliphatic carbocycles. The summed E-state index contributed by atoms with van der Waals surface area (Å²) < 4.78 is 25.4. The topological polar surface area (TPSA) is 43.1 Å². The summed E-state index contributed by atoms with van der Waals surface area (Å²) in [6, 6.07) is 3.17. The number of fused-ring (bicyclic) bond motifs is 1. The summed E-state index contributed by atoms with van der Waals surface area (Å²) >= 11 is 0. The maximum absolute atomic E-state index is 12.2. The van der Waals surface area contributed by atoms with Gasteiger partial charge in [0.25, 0.3) is 6.43 Å². The lowest BCUT2D eigenvalue weighted by molar-refractivity contribution is 0.137. The molecule has 0 N–H and O–H groups in total. The van der Waals surface area contributed by atoms with Crippen LogP contribution in [0.1, 0.15) is 12.2 Å². The van der Waals surface area contributed by atoms with E-state index in [9.17, 15) is 8.78 Å². The van der Waals surface area contributed by atoms with Crippen molar-refractivity contribution in [3.05, 3.63) is 24.2 Å². The summed E-state index contributed by atoms with van der Waals surface area (Å²) in [5.74, 6) is -0.425. The van der Waals surface area contributed by atoms with Gasteiger partial charge in [0.05, 0.1) is 0 Å². The summed E-state index contributed by atoms with van der Waals surface area (Å²) in [5, 5.41) is 10.5. The molecule has 12 heavy (non-hydrogen) atoms. The second-order valence-electron chi connectivity index (χ2n) is 2.15. The summed E-state index contributed by atoms with van der Waals surface area (Å²) in [7, 11) is 0. The molecule has 2 aromatic rings. The average molecular weight is 170 g/mol. The number of rotatable bonds is 1. The number of aromatic nitrogens is 4. The molecule has 0 aromatic carbocycles. The van der Waals surface area contributed by atoms with E-state index in [-0.39, 0.29) is 0 Å². The molecule has 0 amide bonds. The maximum atomic E-state index is 12.2. The Morgan fingerprint density at radius 1 is 1.33 bits per heavy atom. The lowest BCUT2D eigenvalue weighted by Gasteiger charge is -1.93. The zero-order valence-electron chi connectivity index (χ0n) is 5.85. The van der Waals surface area contributed by atoms with Crippen molar-refractivity contribution in [3.63, 3.8) is 0 Å². The van der Waals surface area contributed by atoms with Crippen LogP contribution >= 0.6 is 0 Å². The SMILES string of the molecule is FC(F)c1nnc2cccnn12. The van der Waals surface area contributed by atoms with Crippen LogP contribution in [0.25, 0.3) is 5.65 Å². The molecular weight excluding hydrogens is 166 g/mol. The van der Waals surface area contributed by atoms with Crippen LogP contribution in [0.3, 0.4) is 0 Å². The Balaban J connectivity index is 2.70. The van der Waals surface area contributed by atoms with Crippen molar-refractivity contribution in [1.29, 1.82) is 0 Å². The molecule has 0 saturated heterocycles. The van der Waals surface area contributed by atoms with E-state index >= 15 is 0 Å². The van der Waals surface area contributed by atoms with Crippen molar-refractivity contribution in [2.75, 3.05) is 0 Å². The second-order valence-corrected chi connectivity index (χ2v) is 2.15. The lowest BCUT2D eigenvalue weighted by Crippen LogP contribution is -1.97. The standard InChI is InChI=1S/C6H4F2N4/c7-5(8)6-11-10-4-2-1-3-9-12(4)6/h1-3,5H. The normalized spacial score (nSPS) is 11.2. The van der Waals surface area contributed by atoms with Gasteiger partial charge in [-0.25, -0.2) is 8.78 Å². The molecule has 2 heterocycles. The summed E-state index contributed by atoms with van der Waals surface area (Å²) in [6.07, 6.45) is -1.24. The van der Waals surface area contributed by atoms with Crippen LogP contribution in [0.2, 0.25) is 0 Å². The highest BCUT2D eigenvalue weighted by atomic mass is 19.3. The van der Waals surface area contributed by atoms with Crippen molar-refractivity contribution in [2.24, 2.45) is 0 Å². The maximum Gasteiger partial charge on any atom is 0.299 e. The number of alkyl halides is 2. The molecule has 0 radical (unpaired) electrons. The van der Waals surface area contributed by atoms with Crippen molar-refractivity contribution < 1.29 is 8.78 Å². The third-order valence-corrected chi connectivity index (χ3v) is 1.40. The highest BCUT2D eigenvalue weighted by molar-refractivity contribution is 5.34. The van der Waals surface area contributed by atoms with Crippen LogP contribution in [0, 0.1) is 0 Å². The predicted octanol–water partition coefficient (Wildman–Crippen LogP) is 1.06. The minimum absolute atomic E-state index is 0.327. The van der Waals surface area contributed by atoms with E-state index in [0.717, 1.165) is 4.52 Å². The largest absolute Gasteiger partial charge is 0.299 e. The van der Waals surface area contributed by atoms with Crippen LogP contribution < -0.4 is 0 Å². The Labute approximate surface area is 65.8 Å². The number of halogens is 2. The van der Waals surface area contributed by atoms with Gasteiger partial charge in [-0.15, -0.1) is 10.2 Å². The van der Waals surface area contributed by atoms with E-state index in [1.54, 1.807) is 12.1 Å². The van der Waals surface area contributed by atoms with E-state index < -0.39 is 12.2 Å². The first-order valence-electron chi connectivity index (χ1n) is 3.23. The molecule has 0 aliphatic heterocycles. The van der Waals surface area contributed by atoms with Gasteiger partial charge in [-0.2, -0.15) is 9.61 Å². The first kappa shape index (κ1) is 7.08. The van der Waals surface area contributed by atoms with Crippen LogP contribution in [0.5, 0.6) is 0 Å². The smallest absolute Gasteiger partial charge is 0.201 e. The fraction of sp³-hybridized carbons (Fsp3) is 0.167. The minimum Gasteiger partial charge on any atom is -0.201 e. The molecule has 6 heteroatoms. The molecule has 0 atom stereocenters. The summed E-state index contributed by atoms with van der Waals surface area (Å²) in [4.78, 5) is 0. The summed E-state index contributed by atoms with van der Waals surface area (Å²) in [5.41, 5.74) is 0.327. The van der Waals surface area contributed by atoms with E-state index in [4.69, 9.17) is 0 Å². The third-order valence-electron chi connectivity index (χ3n) is 1.40. The quantitative estimate of drug-likeness (QED) is 0.642. The van der Waals surface area contributed by atoms with Crippen LogP contribution in [-0.4, -0.2) is 19.8 Å². The molecule has 0 saturated carbocycles. The van der Waals surface area contributed by atoms with Crippen molar-refractivity contribution in [2.45, 2.75) is 6.43 Å². The van der Waals surface area contributed by atoms with E-state index in [1.165, 1.54) is 6.20 Å². The molecule has 2 aromatic heterocycles. The molecule has 0 unspecified atom stereocenters. The summed E-state index contributed by atoms with van der Waals surface area (Å²) in [6.45, 7) is 0. The molecular formula is C6H4F2N4. The Bertz CT molecular complexity index is 397. The van der Waals surface area contributed by atoms with Gasteiger partial charge in [0.15, 0.2) is 5.65 Å². The molecule has 2 rings (SSSR count).